The van der Waals surface area contributed by atoms with Crippen LogP contribution in [0.15, 0.2) is 146 Å². The maximum absolute atomic E-state index is 10.9. The Labute approximate surface area is 288 Å². The minimum absolute atomic E-state index is 0. The summed E-state index contributed by atoms with van der Waals surface area (Å²) >= 11 is 1.57. The van der Waals surface area contributed by atoms with Crippen molar-refractivity contribution in [1.29, 1.82) is 0 Å². The van der Waals surface area contributed by atoms with Gasteiger partial charge in [0.15, 0.2) is 0 Å². The summed E-state index contributed by atoms with van der Waals surface area (Å²) in [6, 6.07) is 49.9. The summed E-state index contributed by atoms with van der Waals surface area (Å²) in [5.74, 6) is 0. The molecule has 1 N–H and O–H groups in total. The maximum Gasteiger partial charge on any atom is 2.00 e. The Kier molecular flexibility index (Phi) is 9.30. The van der Waals surface area contributed by atoms with Crippen LogP contribution in [0, 0.1) is 6.92 Å². The minimum Gasteiger partial charge on any atom is -0.802 e. The van der Waals surface area contributed by atoms with E-state index in [0.29, 0.717) is 0 Å². The summed E-state index contributed by atoms with van der Waals surface area (Å²) in [7, 11) is 1.77. The smallest absolute Gasteiger partial charge is 0.802 e. The van der Waals surface area contributed by atoms with Crippen LogP contribution in [0.25, 0.3) is 65.1 Å². The topological polar surface area (TPSA) is 52.2 Å². The van der Waals surface area contributed by atoms with E-state index in [1.807, 2.05) is 54.6 Å². The van der Waals surface area contributed by atoms with Gasteiger partial charge in [-0.3, -0.25) is 0 Å². The predicted octanol–water partition coefficient (Wildman–Crippen LogP) is 11.9. The Morgan fingerprint density at radius 1 is 0.652 bits per heavy atom. The molecule has 0 bridgehead atoms. The zero-order chi connectivity index (χ0) is 30.8. The van der Waals surface area contributed by atoms with Gasteiger partial charge < -0.3 is 15.7 Å². The summed E-state index contributed by atoms with van der Waals surface area (Å²) in [5, 5.41) is 19.1. The van der Waals surface area contributed by atoms with Gasteiger partial charge in [0.1, 0.15) is 0 Å². The van der Waals surface area contributed by atoms with E-state index < -0.39 is 0 Å². The molecule has 0 atom stereocenters. The number of aromatic nitrogens is 1. The second kappa shape index (κ2) is 13.7. The van der Waals surface area contributed by atoms with E-state index in [1.54, 1.807) is 18.4 Å². The number of rotatable bonds is 4. The van der Waals surface area contributed by atoms with Crippen molar-refractivity contribution in [2.75, 3.05) is 7.05 Å². The Bertz CT molecular complexity index is 2240. The van der Waals surface area contributed by atoms with E-state index in [4.69, 9.17) is 0 Å². The number of nitrogens with one attached hydrogen (secondary N) is 1. The molecule has 222 valence electrons. The Morgan fingerprint density at radius 2 is 1.28 bits per heavy atom. The summed E-state index contributed by atoms with van der Waals surface area (Å²) in [6.45, 7) is 2.10. The number of aryl methyl sites for hydroxylation is 1. The van der Waals surface area contributed by atoms with Crippen LogP contribution >= 0.6 is 11.3 Å². The van der Waals surface area contributed by atoms with E-state index in [0.717, 1.165) is 43.0 Å². The van der Waals surface area contributed by atoms with Crippen molar-refractivity contribution in [3.8, 4) is 33.5 Å². The molecule has 0 fully saturated rings. The van der Waals surface area contributed by atoms with Gasteiger partial charge in [0, 0.05) is 21.5 Å². The van der Waals surface area contributed by atoms with Crippen LogP contribution in [0.3, 0.4) is 0 Å². The summed E-state index contributed by atoms with van der Waals surface area (Å²) < 4.78 is 1.13. The van der Waals surface area contributed by atoms with Crippen molar-refractivity contribution in [2.24, 2.45) is 0 Å². The third-order valence-corrected chi connectivity index (χ3v) is 9.30. The van der Waals surface area contributed by atoms with E-state index in [1.165, 1.54) is 33.2 Å². The fourth-order valence-corrected chi connectivity index (χ4v) is 7.19. The second-order valence-corrected chi connectivity index (χ2v) is 12.1. The molecular weight excluding hydrogens is 750 g/mol. The van der Waals surface area contributed by atoms with Crippen LogP contribution in [0.4, 0.5) is 5.69 Å². The van der Waals surface area contributed by atoms with Crippen LogP contribution in [0.5, 0.6) is 0 Å². The molecule has 0 saturated heterocycles. The van der Waals surface area contributed by atoms with Crippen molar-refractivity contribution in [2.45, 2.75) is 6.92 Å². The number of benzene rings is 5. The van der Waals surface area contributed by atoms with Gasteiger partial charge in [0.2, 0.25) is 0 Å². The van der Waals surface area contributed by atoms with Gasteiger partial charge in [0.05, 0.1) is 5.69 Å². The molecule has 0 saturated carbocycles. The fraction of sp³-hybridized carbons (Fsp3) is 0.0488. The first-order chi connectivity index (χ1) is 22.1. The van der Waals surface area contributed by atoms with Gasteiger partial charge in [-0.15, -0.1) is 29.8 Å². The Morgan fingerprint density at radius 3 is 2.07 bits per heavy atom. The third kappa shape index (κ3) is 5.94. The molecule has 0 spiro atoms. The number of fused-ring (bicyclic) bond motifs is 4. The maximum atomic E-state index is 10.9. The van der Waals surface area contributed by atoms with E-state index in [9.17, 15) is 5.41 Å². The third-order valence-electron chi connectivity index (χ3n) is 8.14. The van der Waals surface area contributed by atoms with E-state index in [2.05, 4.69) is 108 Å². The van der Waals surface area contributed by atoms with Gasteiger partial charge in [-0.2, -0.15) is 0 Å². The van der Waals surface area contributed by atoms with Crippen LogP contribution in [0.2, 0.25) is 0 Å². The molecule has 8 rings (SSSR count). The normalized spacial score (nSPS) is 10.7. The number of aromatic amines is 1. The van der Waals surface area contributed by atoms with Crippen molar-refractivity contribution in [3.05, 3.63) is 172 Å². The predicted molar refractivity (Wildman–Crippen MR) is 194 cm³/mol. The summed E-state index contributed by atoms with van der Waals surface area (Å²) in [4.78, 5) is 4.38. The molecule has 2 heterocycles. The van der Waals surface area contributed by atoms with Crippen molar-refractivity contribution >= 4 is 43.6 Å². The zero-order valence-corrected chi connectivity index (χ0v) is 29.3. The number of H-pyrrole nitrogens is 1. The van der Waals surface area contributed by atoms with Crippen molar-refractivity contribution < 1.29 is 21.1 Å². The van der Waals surface area contributed by atoms with Crippen LogP contribution in [-0.2, 0) is 21.1 Å². The Balaban J connectivity index is 0.000000162. The molecule has 5 heteroatoms. The van der Waals surface area contributed by atoms with Gasteiger partial charge in [0.25, 0.3) is 0 Å². The first-order valence-corrected chi connectivity index (χ1v) is 15.8. The first kappa shape index (κ1) is 31.2. The molecule has 0 unspecified atom stereocenters. The fourth-order valence-electron chi connectivity index (χ4n) is 6.04. The largest absolute Gasteiger partial charge is 2.00 e. The molecule has 7 aromatic rings. The van der Waals surface area contributed by atoms with E-state index >= 15 is 0 Å². The van der Waals surface area contributed by atoms with Crippen LogP contribution in [0.1, 0.15) is 16.1 Å². The number of hydrogen-bond acceptors (Lipinski definition) is 1. The molecule has 1 aliphatic carbocycles. The molecule has 5 aromatic carbocycles. The minimum atomic E-state index is 0. The molecule has 46 heavy (non-hydrogen) atoms. The standard InChI is InChI=1S/C22H16N2S.C19H15N.W/c1-24-21-18-12-5-6-13-19(18)25-22(21)20(23)17-11-7-10-16(14-17)15-8-3-2-4-9-15;1-13-7-3-2-4-10-16-15-11-5-8-14-9-6-12-17(18(14)15)19(16)20-13;/h2-14H,1H3;2-12,20H,1H3;/q-2;;+2. The van der Waals surface area contributed by atoms with Crippen molar-refractivity contribution in [3.63, 3.8) is 0 Å². The zero-order valence-electron chi connectivity index (χ0n) is 25.6. The van der Waals surface area contributed by atoms with Gasteiger partial charge in [-0.25, -0.2) is 0 Å². The van der Waals surface area contributed by atoms with Gasteiger partial charge in [-0.1, -0.05) is 127 Å². The molecule has 3 nitrogen and oxygen atoms in total. The van der Waals surface area contributed by atoms with Crippen LogP contribution in [-0.4, -0.2) is 17.7 Å². The Hall–Kier alpha value is -4.76. The average Bonchev–Trinajstić information content (AvgIpc) is 3.63. The molecule has 0 radical (unpaired) electrons. The van der Waals surface area contributed by atoms with Gasteiger partial charge >= 0.3 is 21.1 Å². The average molecular weight is 782 g/mol. The first-order valence-electron chi connectivity index (χ1n) is 15.0. The number of thiophene rings is 1. The summed E-state index contributed by atoms with van der Waals surface area (Å²) in [6.07, 6.45) is 0. The van der Waals surface area contributed by atoms with Crippen molar-refractivity contribution in [1.82, 2.24) is 4.98 Å². The molecule has 0 amide bonds. The van der Waals surface area contributed by atoms with Crippen LogP contribution < -0.4 is 0 Å². The second-order valence-electron chi connectivity index (χ2n) is 11.0. The quantitative estimate of drug-likeness (QED) is 0.173. The molecule has 1 aliphatic rings. The SMILES string of the molecule is C[N-]c1c(C(=[N-])c2cccc(-c3ccccc3)c2)sc2ccccc12.Cc1cccccc2c([nH]1)-c1cccc3cccc-2c13.[W+2]. The number of hydrogen-bond donors (Lipinski definition) is 1. The monoisotopic (exact) mass is 781 g/mol. The van der Waals surface area contributed by atoms with Gasteiger partial charge in [-0.05, 0) is 68.4 Å². The molecule has 0 aliphatic heterocycles. The summed E-state index contributed by atoms with van der Waals surface area (Å²) in [5.41, 5.74) is 10.4. The number of nitrogens with zero attached hydrogens (tertiary/aromatic N) is 2. The molecular formula is C41H31N3SW. The molecule has 2 aromatic heterocycles. The van der Waals surface area contributed by atoms with E-state index in [-0.39, 0.29) is 26.8 Å².